The van der Waals surface area contributed by atoms with Gasteiger partial charge < -0.3 is 54.3 Å². The van der Waals surface area contributed by atoms with Crippen molar-refractivity contribution in [1.82, 2.24) is 0 Å². The maximum absolute atomic E-state index is 11.3. The number of aliphatic hydroxyl groups excluding tert-OH is 5. The molecule has 0 spiro atoms. The van der Waals surface area contributed by atoms with Gasteiger partial charge in [0.25, 0.3) is 0 Å². The van der Waals surface area contributed by atoms with Crippen LogP contribution in [0.5, 0.6) is 0 Å². The Labute approximate surface area is 272 Å². The van der Waals surface area contributed by atoms with Gasteiger partial charge in [0.15, 0.2) is 12.6 Å². The second-order valence-electron chi connectivity index (χ2n) is 14.7. The lowest BCUT2D eigenvalue weighted by molar-refractivity contribution is -0.364. The molecule has 0 radical (unpaired) electrons. The van der Waals surface area contributed by atoms with Crippen molar-refractivity contribution in [2.75, 3.05) is 6.61 Å². The SMILES string of the molecule is C=CC(C)(O)CCC1(C)C(C)CC(OC2OC(C)C(OC3OC(COC(C)=O)C(O)C(O)C3O)C(O)C2O)C2(C)C(C)=CCCC12. The highest BCUT2D eigenvalue weighted by Crippen LogP contribution is 2.63. The van der Waals surface area contributed by atoms with Crippen molar-refractivity contribution in [3.05, 3.63) is 24.3 Å². The molecule has 0 amide bonds. The Hall–Kier alpha value is -1.45. The highest BCUT2D eigenvalue weighted by molar-refractivity contribution is 5.65. The summed E-state index contributed by atoms with van der Waals surface area (Å²) >= 11 is 0. The number of hydrogen-bond donors (Lipinski definition) is 6. The largest absolute Gasteiger partial charge is 0.463 e. The lowest BCUT2D eigenvalue weighted by atomic mass is 9.45. The van der Waals surface area contributed by atoms with Crippen molar-refractivity contribution in [3.63, 3.8) is 0 Å². The number of ether oxygens (including phenoxy) is 5. The number of rotatable bonds is 10. The minimum Gasteiger partial charge on any atom is -0.463 e. The molecule has 0 aromatic carbocycles. The molecule has 4 rings (SSSR count). The summed E-state index contributed by atoms with van der Waals surface area (Å²) in [6.07, 6.45) is -6.42. The fourth-order valence-corrected chi connectivity index (χ4v) is 8.16. The van der Waals surface area contributed by atoms with Crippen LogP contribution >= 0.6 is 0 Å². The number of carbonyl (C=O) groups is 1. The normalized spacial score (nSPS) is 47.7. The average Bonchev–Trinajstić information content (AvgIpc) is 3.00. The molecular weight excluding hydrogens is 600 g/mol. The first-order valence-electron chi connectivity index (χ1n) is 16.6. The van der Waals surface area contributed by atoms with Crippen LogP contribution in [0.4, 0.5) is 0 Å². The molecule has 1 saturated carbocycles. The smallest absolute Gasteiger partial charge is 0.302 e. The summed E-state index contributed by atoms with van der Waals surface area (Å²) in [4.78, 5) is 11.3. The molecule has 2 saturated heterocycles. The topological polar surface area (TPSA) is 185 Å². The molecule has 0 aromatic heterocycles. The van der Waals surface area contributed by atoms with Gasteiger partial charge in [0, 0.05) is 12.3 Å². The van der Waals surface area contributed by atoms with Gasteiger partial charge in [-0.15, -0.1) is 6.58 Å². The molecule has 12 nitrogen and oxygen atoms in total. The second-order valence-corrected chi connectivity index (χ2v) is 14.7. The van der Waals surface area contributed by atoms with Crippen molar-refractivity contribution >= 4 is 5.97 Å². The lowest BCUT2D eigenvalue weighted by Gasteiger charge is -2.61. The van der Waals surface area contributed by atoms with Crippen LogP contribution in [0.15, 0.2) is 24.3 Å². The maximum atomic E-state index is 11.3. The zero-order valence-corrected chi connectivity index (χ0v) is 28.2. The number of esters is 1. The molecule has 0 bridgehead atoms. The molecule has 4 aliphatic rings. The van der Waals surface area contributed by atoms with Gasteiger partial charge in [0.05, 0.1) is 17.8 Å². The van der Waals surface area contributed by atoms with Gasteiger partial charge >= 0.3 is 5.97 Å². The second kappa shape index (κ2) is 14.2. The molecule has 6 N–H and O–H groups in total. The molecule has 2 aliphatic heterocycles. The van der Waals surface area contributed by atoms with E-state index in [-0.39, 0.29) is 23.4 Å². The summed E-state index contributed by atoms with van der Waals surface area (Å²) in [6.45, 7) is 16.9. The van der Waals surface area contributed by atoms with E-state index < -0.39 is 85.0 Å². The Kier molecular flexibility index (Phi) is 11.5. The summed E-state index contributed by atoms with van der Waals surface area (Å²) in [5.41, 5.74) is -0.245. The predicted molar refractivity (Wildman–Crippen MR) is 166 cm³/mol. The summed E-state index contributed by atoms with van der Waals surface area (Å²) < 4.78 is 29.1. The zero-order chi connectivity index (χ0) is 34.4. The van der Waals surface area contributed by atoms with E-state index in [2.05, 4.69) is 40.3 Å². The van der Waals surface area contributed by atoms with Crippen LogP contribution in [0.3, 0.4) is 0 Å². The van der Waals surface area contributed by atoms with Crippen LogP contribution in [-0.4, -0.2) is 116 Å². The van der Waals surface area contributed by atoms with Crippen LogP contribution in [-0.2, 0) is 28.5 Å². The Balaban J connectivity index is 1.49. The predicted octanol–water partition coefficient (Wildman–Crippen LogP) is 1.72. The van der Waals surface area contributed by atoms with Gasteiger partial charge in [-0.05, 0) is 70.1 Å². The number of fused-ring (bicyclic) bond motifs is 1. The third kappa shape index (κ3) is 7.12. The van der Waals surface area contributed by atoms with Crippen molar-refractivity contribution in [1.29, 1.82) is 0 Å². The van der Waals surface area contributed by atoms with Crippen molar-refractivity contribution in [3.8, 4) is 0 Å². The van der Waals surface area contributed by atoms with E-state index in [1.54, 1.807) is 19.9 Å². The Bertz CT molecular complexity index is 1110. The quantitative estimate of drug-likeness (QED) is 0.148. The lowest BCUT2D eigenvalue weighted by Crippen LogP contribution is -2.65. The molecule has 2 heterocycles. The Morgan fingerprint density at radius 2 is 1.67 bits per heavy atom. The zero-order valence-electron chi connectivity index (χ0n) is 28.2. The molecule has 264 valence electrons. The van der Waals surface area contributed by atoms with Crippen LogP contribution in [0.25, 0.3) is 0 Å². The van der Waals surface area contributed by atoms with Crippen molar-refractivity contribution in [2.24, 2.45) is 22.7 Å². The summed E-state index contributed by atoms with van der Waals surface area (Å²) in [5, 5.41) is 64.5. The molecule has 0 aromatic rings. The number of aliphatic hydroxyl groups is 6. The van der Waals surface area contributed by atoms with Gasteiger partial charge in [-0.1, -0.05) is 38.5 Å². The van der Waals surface area contributed by atoms with E-state index in [0.717, 1.165) is 19.3 Å². The van der Waals surface area contributed by atoms with Gasteiger partial charge in [-0.3, -0.25) is 4.79 Å². The van der Waals surface area contributed by atoms with Crippen molar-refractivity contribution < 1.29 is 59.1 Å². The number of carbonyl (C=O) groups excluding carboxylic acids is 1. The summed E-state index contributed by atoms with van der Waals surface area (Å²) in [7, 11) is 0. The summed E-state index contributed by atoms with van der Waals surface area (Å²) in [5.74, 6) is -0.178. The molecule has 16 atom stereocenters. The number of hydrogen-bond acceptors (Lipinski definition) is 12. The van der Waals surface area contributed by atoms with Gasteiger partial charge in [-0.25, -0.2) is 0 Å². The number of allylic oxidation sites excluding steroid dienone is 1. The fourth-order valence-electron chi connectivity index (χ4n) is 8.16. The molecule has 12 heteroatoms. The van der Waals surface area contributed by atoms with E-state index in [1.165, 1.54) is 12.5 Å². The van der Waals surface area contributed by atoms with E-state index in [0.29, 0.717) is 12.8 Å². The van der Waals surface area contributed by atoms with Crippen LogP contribution < -0.4 is 0 Å². The summed E-state index contributed by atoms with van der Waals surface area (Å²) in [6, 6.07) is 0. The minimum absolute atomic E-state index is 0.0960. The maximum Gasteiger partial charge on any atom is 0.302 e. The third-order valence-corrected chi connectivity index (χ3v) is 11.7. The average molecular weight is 657 g/mol. The van der Waals surface area contributed by atoms with Crippen molar-refractivity contribution in [2.45, 2.75) is 154 Å². The van der Waals surface area contributed by atoms with E-state index in [1.807, 2.05) is 0 Å². The monoisotopic (exact) mass is 656 g/mol. The van der Waals surface area contributed by atoms with E-state index in [4.69, 9.17) is 23.7 Å². The van der Waals surface area contributed by atoms with Gasteiger partial charge in [0.1, 0.15) is 49.3 Å². The molecule has 2 aliphatic carbocycles. The third-order valence-electron chi connectivity index (χ3n) is 11.7. The molecular formula is C34H56O12. The Morgan fingerprint density at radius 1 is 1.04 bits per heavy atom. The highest BCUT2D eigenvalue weighted by atomic mass is 16.7. The van der Waals surface area contributed by atoms with Crippen LogP contribution in [0.2, 0.25) is 0 Å². The van der Waals surface area contributed by atoms with Gasteiger partial charge in [-0.2, -0.15) is 0 Å². The van der Waals surface area contributed by atoms with Gasteiger partial charge in [0.2, 0.25) is 0 Å². The standard InChI is InChI=1S/C34H56O12/c1-9-32(6,41)13-14-33(7)18(3)15-23(34(8)17(2)11-10-12-22(33)34)45-30-28(40)26(38)29(19(4)43-30)46-31-27(39)25(37)24(36)21(44-31)16-42-20(5)35/h9,11,18-19,21-31,36-41H,1,10,12-16H2,2-8H3. The molecule has 3 fully saturated rings. The fraction of sp³-hybridized carbons (Fsp3) is 0.853. The van der Waals surface area contributed by atoms with E-state index in [9.17, 15) is 35.4 Å². The first kappa shape index (κ1) is 37.4. The first-order chi connectivity index (χ1) is 21.4. The first-order valence-corrected chi connectivity index (χ1v) is 16.6. The molecule has 16 unspecified atom stereocenters. The van der Waals surface area contributed by atoms with Crippen LogP contribution in [0.1, 0.15) is 80.6 Å². The Morgan fingerprint density at radius 3 is 2.30 bits per heavy atom. The highest BCUT2D eigenvalue weighted by Gasteiger charge is 2.60. The minimum atomic E-state index is -1.69. The van der Waals surface area contributed by atoms with Crippen LogP contribution in [0, 0.1) is 22.7 Å². The molecule has 46 heavy (non-hydrogen) atoms. The van der Waals surface area contributed by atoms with E-state index >= 15 is 0 Å².